The molecule has 220 valence electrons. The summed E-state index contributed by atoms with van der Waals surface area (Å²) in [7, 11) is 4.39. The minimum Gasteiger partial charge on any atom is -0.493 e. The molecule has 2 heterocycles. The zero-order valence-corrected chi connectivity index (χ0v) is 24.9. The summed E-state index contributed by atoms with van der Waals surface area (Å²) in [4.78, 5) is 42.6. The van der Waals surface area contributed by atoms with E-state index in [-0.39, 0.29) is 41.8 Å². The van der Waals surface area contributed by atoms with Gasteiger partial charge in [0.25, 0.3) is 5.56 Å². The molecule has 0 saturated heterocycles. The van der Waals surface area contributed by atoms with Gasteiger partial charge in [-0.1, -0.05) is 59.6 Å². The average Bonchev–Trinajstić information content (AvgIpc) is 3.35. The molecule has 5 aromatic rings. The summed E-state index contributed by atoms with van der Waals surface area (Å²) in [5, 5.41) is 4.89. The van der Waals surface area contributed by atoms with Crippen LogP contribution in [0.1, 0.15) is 16.7 Å². The molecule has 3 aromatic carbocycles. The Balaban J connectivity index is 1.46. The minimum absolute atomic E-state index is 0.0345. The Kier molecular flexibility index (Phi) is 8.65. The van der Waals surface area contributed by atoms with Gasteiger partial charge in [-0.15, -0.1) is 0 Å². The highest BCUT2D eigenvalue weighted by atomic mass is 35.5. The van der Waals surface area contributed by atoms with Gasteiger partial charge in [0.05, 0.1) is 26.3 Å². The number of nitrogens with one attached hydrogen (secondary N) is 1. The maximum Gasteiger partial charge on any atom is 0.332 e. The maximum absolute atomic E-state index is 13.2. The van der Waals surface area contributed by atoms with Gasteiger partial charge in [-0.05, 0) is 47.0 Å². The summed E-state index contributed by atoms with van der Waals surface area (Å²) in [6.45, 7) is 0.102. The van der Waals surface area contributed by atoms with Gasteiger partial charge in [0.1, 0.15) is 0 Å². The standard InChI is InChI=1S/C30H26Cl2N6O5/c1-36-27-26(28(40)37(2)30(36)41)38(17-20-10-11-21(31)15-22(20)32)29(34-27)43-23-12-9-19(13-24(23)42-3)16-33-35-25(39)14-18-7-5-4-6-8-18/h4-13,15-16H,14,17H2,1-3H3,(H,35,39)/b33-16-. The minimum atomic E-state index is -0.543. The van der Waals surface area contributed by atoms with Crippen molar-refractivity contribution in [2.75, 3.05) is 7.11 Å². The molecule has 1 amide bonds. The molecule has 43 heavy (non-hydrogen) atoms. The highest BCUT2D eigenvalue weighted by molar-refractivity contribution is 6.35. The number of nitrogens with zero attached hydrogens (tertiary/aromatic N) is 5. The van der Waals surface area contributed by atoms with Crippen LogP contribution in [-0.4, -0.2) is 37.9 Å². The van der Waals surface area contributed by atoms with Crippen molar-refractivity contribution in [3.63, 3.8) is 0 Å². The molecule has 11 nitrogen and oxygen atoms in total. The van der Waals surface area contributed by atoms with Crippen molar-refractivity contribution < 1.29 is 14.3 Å². The van der Waals surface area contributed by atoms with E-state index in [0.717, 1.165) is 10.1 Å². The second kappa shape index (κ2) is 12.6. The second-order valence-corrected chi connectivity index (χ2v) is 10.4. The predicted molar refractivity (Wildman–Crippen MR) is 165 cm³/mol. The Bertz CT molecular complexity index is 1980. The fourth-order valence-corrected chi connectivity index (χ4v) is 4.89. The van der Waals surface area contributed by atoms with E-state index in [2.05, 4.69) is 15.5 Å². The van der Waals surface area contributed by atoms with Gasteiger partial charge >= 0.3 is 11.7 Å². The van der Waals surface area contributed by atoms with Crippen molar-refractivity contribution in [3.05, 3.63) is 114 Å². The van der Waals surface area contributed by atoms with E-state index >= 15 is 0 Å². The molecule has 0 aliphatic carbocycles. The smallest absolute Gasteiger partial charge is 0.332 e. The van der Waals surface area contributed by atoms with Gasteiger partial charge in [0.15, 0.2) is 22.7 Å². The van der Waals surface area contributed by atoms with Gasteiger partial charge in [0, 0.05) is 24.1 Å². The average molecular weight is 621 g/mol. The summed E-state index contributed by atoms with van der Waals surface area (Å²) < 4.78 is 15.5. The third kappa shape index (κ3) is 6.32. The molecule has 0 fully saturated rings. The number of imidazole rings is 1. The Morgan fingerprint density at radius 1 is 1.00 bits per heavy atom. The van der Waals surface area contributed by atoms with Gasteiger partial charge in [-0.25, -0.2) is 10.2 Å². The molecule has 2 aromatic heterocycles. The first-order valence-corrected chi connectivity index (χ1v) is 13.7. The molecule has 0 bridgehead atoms. The first-order chi connectivity index (χ1) is 20.7. The van der Waals surface area contributed by atoms with Crippen LogP contribution in [0.15, 0.2) is 81.4 Å². The summed E-state index contributed by atoms with van der Waals surface area (Å²) in [6.07, 6.45) is 1.68. The van der Waals surface area contributed by atoms with Crippen molar-refractivity contribution in [3.8, 4) is 17.5 Å². The molecule has 0 spiro atoms. The first kappa shape index (κ1) is 29.6. The van der Waals surface area contributed by atoms with Crippen LogP contribution in [0.3, 0.4) is 0 Å². The van der Waals surface area contributed by atoms with E-state index in [0.29, 0.717) is 26.9 Å². The number of benzene rings is 3. The Hall–Kier alpha value is -4.87. The molecular formula is C30H26Cl2N6O5. The number of hydrogen-bond acceptors (Lipinski definition) is 7. The van der Waals surface area contributed by atoms with Crippen LogP contribution in [0.25, 0.3) is 11.2 Å². The summed E-state index contributed by atoms with van der Waals surface area (Å²) >= 11 is 12.5. The fourth-order valence-electron chi connectivity index (χ4n) is 4.42. The lowest BCUT2D eigenvalue weighted by atomic mass is 10.1. The van der Waals surface area contributed by atoms with E-state index in [9.17, 15) is 14.4 Å². The molecule has 0 aliphatic rings. The summed E-state index contributed by atoms with van der Waals surface area (Å²) in [5.41, 5.74) is 3.88. The molecule has 0 aliphatic heterocycles. The highest BCUT2D eigenvalue weighted by Gasteiger charge is 2.22. The van der Waals surface area contributed by atoms with E-state index < -0.39 is 11.2 Å². The number of rotatable bonds is 9. The molecule has 1 N–H and O–H groups in total. The van der Waals surface area contributed by atoms with Gasteiger partial charge in [-0.2, -0.15) is 10.1 Å². The van der Waals surface area contributed by atoms with E-state index in [1.807, 2.05) is 30.3 Å². The zero-order valence-electron chi connectivity index (χ0n) is 23.4. The molecule has 0 radical (unpaired) electrons. The van der Waals surface area contributed by atoms with E-state index in [1.54, 1.807) is 41.0 Å². The van der Waals surface area contributed by atoms with Crippen molar-refractivity contribution in [1.29, 1.82) is 0 Å². The van der Waals surface area contributed by atoms with Crippen molar-refractivity contribution in [1.82, 2.24) is 24.1 Å². The Morgan fingerprint density at radius 3 is 2.49 bits per heavy atom. The maximum atomic E-state index is 13.2. The molecular weight excluding hydrogens is 595 g/mol. The lowest BCUT2D eigenvalue weighted by Gasteiger charge is -2.13. The molecule has 0 unspecified atom stereocenters. The Labute approximate surface area is 255 Å². The van der Waals surface area contributed by atoms with Gasteiger partial charge in [-0.3, -0.25) is 23.3 Å². The lowest BCUT2D eigenvalue weighted by Crippen LogP contribution is -2.37. The van der Waals surface area contributed by atoms with Crippen LogP contribution in [0.5, 0.6) is 17.5 Å². The number of fused-ring (bicyclic) bond motifs is 1. The first-order valence-electron chi connectivity index (χ1n) is 13.0. The topological polar surface area (TPSA) is 122 Å². The van der Waals surface area contributed by atoms with Crippen LogP contribution in [-0.2, 0) is 31.9 Å². The largest absolute Gasteiger partial charge is 0.493 e. The van der Waals surface area contributed by atoms with Crippen molar-refractivity contribution >= 4 is 46.5 Å². The number of amides is 1. The number of halogens is 2. The number of methoxy groups -OCH3 is 1. The monoisotopic (exact) mass is 620 g/mol. The number of hydrazone groups is 1. The van der Waals surface area contributed by atoms with Gasteiger partial charge in [0.2, 0.25) is 5.91 Å². The highest BCUT2D eigenvalue weighted by Crippen LogP contribution is 2.34. The number of carbonyl (C=O) groups is 1. The van der Waals surface area contributed by atoms with Crippen LogP contribution in [0.2, 0.25) is 10.0 Å². The summed E-state index contributed by atoms with van der Waals surface area (Å²) in [6, 6.07) is 19.4. The molecule has 0 saturated carbocycles. The normalized spacial score (nSPS) is 11.3. The molecule has 13 heteroatoms. The third-order valence-electron chi connectivity index (χ3n) is 6.66. The summed E-state index contributed by atoms with van der Waals surface area (Å²) in [5.74, 6) is 0.368. The van der Waals surface area contributed by atoms with E-state index in [4.69, 9.17) is 32.7 Å². The van der Waals surface area contributed by atoms with Crippen LogP contribution < -0.4 is 26.1 Å². The van der Waals surface area contributed by atoms with E-state index in [1.165, 1.54) is 32.0 Å². The van der Waals surface area contributed by atoms with Gasteiger partial charge < -0.3 is 9.47 Å². The predicted octanol–water partition coefficient (Wildman–Crippen LogP) is 4.28. The number of aryl methyl sites for hydroxylation is 1. The quantitative estimate of drug-likeness (QED) is 0.194. The zero-order chi connectivity index (χ0) is 30.7. The number of carbonyl (C=O) groups excluding carboxylic acids is 1. The third-order valence-corrected chi connectivity index (χ3v) is 7.24. The molecule has 5 rings (SSSR count). The lowest BCUT2D eigenvalue weighted by molar-refractivity contribution is -0.120. The molecule has 0 atom stereocenters. The van der Waals surface area contributed by atoms with Crippen LogP contribution in [0.4, 0.5) is 0 Å². The van der Waals surface area contributed by atoms with Crippen molar-refractivity contribution in [2.45, 2.75) is 13.0 Å². The number of aromatic nitrogens is 4. The SMILES string of the molecule is COc1cc(/C=N\NC(=O)Cc2ccccc2)ccc1Oc1nc2c(c(=O)n(C)c(=O)n2C)n1Cc1ccc(Cl)cc1Cl. The van der Waals surface area contributed by atoms with Crippen molar-refractivity contribution in [2.24, 2.45) is 19.2 Å². The second-order valence-electron chi connectivity index (χ2n) is 9.56. The Morgan fingerprint density at radius 2 is 1.77 bits per heavy atom. The number of hydrogen-bond donors (Lipinski definition) is 1. The number of ether oxygens (including phenoxy) is 2. The van der Waals surface area contributed by atoms with Crippen LogP contribution >= 0.6 is 23.2 Å². The van der Waals surface area contributed by atoms with Crippen LogP contribution in [0, 0.1) is 0 Å². The fraction of sp³-hybridized carbons (Fsp3) is 0.167.